The van der Waals surface area contributed by atoms with Crippen molar-refractivity contribution in [3.63, 3.8) is 0 Å². The van der Waals surface area contributed by atoms with Crippen molar-refractivity contribution in [2.75, 3.05) is 22.5 Å². The number of nitrogens with one attached hydrogen (secondary N) is 2. The van der Waals surface area contributed by atoms with Crippen molar-refractivity contribution in [3.8, 4) is 0 Å². The zero-order valence-corrected chi connectivity index (χ0v) is 15.7. The van der Waals surface area contributed by atoms with Gasteiger partial charge in [0.2, 0.25) is 0 Å². The largest absolute Gasteiger partial charge is 0.350 e. The third kappa shape index (κ3) is 4.16. The zero-order chi connectivity index (χ0) is 18.5. The molecule has 1 aliphatic rings. The van der Waals surface area contributed by atoms with Crippen LogP contribution >= 0.6 is 11.8 Å². The molecule has 0 unspecified atom stereocenters. The second kappa shape index (κ2) is 8.23. The summed E-state index contributed by atoms with van der Waals surface area (Å²) in [5.41, 5.74) is 1.93. The van der Waals surface area contributed by atoms with E-state index in [1.54, 1.807) is 47.1 Å². The molecule has 0 radical (unpaired) electrons. The Kier molecular flexibility index (Phi) is 5.78. The van der Waals surface area contributed by atoms with Crippen LogP contribution in [0.2, 0.25) is 0 Å². The standard InChI is InChI=1S/C19H22N4O2S/c1-3-13(2)21-17(24)14-6-4-7-15(12-14)22-19(25)23-10-11-26-18-16(23)8-5-9-20-18/h4-9,12-13H,3,10-11H2,1-2H3,(H,21,24)(H,22,25)/t13-/m0/s1. The number of fused-ring (bicyclic) bond motifs is 1. The summed E-state index contributed by atoms with van der Waals surface area (Å²) in [5, 5.41) is 6.67. The lowest BCUT2D eigenvalue weighted by atomic mass is 10.1. The summed E-state index contributed by atoms with van der Waals surface area (Å²) in [4.78, 5) is 31.0. The Morgan fingerprint density at radius 3 is 2.96 bits per heavy atom. The van der Waals surface area contributed by atoms with E-state index in [0.717, 1.165) is 22.9 Å². The molecule has 0 saturated heterocycles. The first-order valence-corrected chi connectivity index (χ1v) is 9.64. The summed E-state index contributed by atoms with van der Waals surface area (Å²) in [6.45, 7) is 4.60. The van der Waals surface area contributed by atoms with E-state index in [1.165, 1.54) is 0 Å². The van der Waals surface area contributed by atoms with Crippen LogP contribution in [-0.2, 0) is 0 Å². The van der Waals surface area contributed by atoms with Gasteiger partial charge in [-0.3, -0.25) is 9.69 Å². The van der Waals surface area contributed by atoms with Crippen LogP contribution < -0.4 is 15.5 Å². The van der Waals surface area contributed by atoms with Crippen LogP contribution in [0.4, 0.5) is 16.2 Å². The number of benzene rings is 1. The molecule has 2 aromatic rings. The van der Waals surface area contributed by atoms with Crippen molar-refractivity contribution in [3.05, 3.63) is 48.2 Å². The minimum atomic E-state index is -0.223. The van der Waals surface area contributed by atoms with Crippen LogP contribution in [0.3, 0.4) is 0 Å². The molecule has 0 fully saturated rings. The molecule has 136 valence electrons. The third-order valence-corrected chi connectivity index (χ3v) is 5.18. The Morgan fingerprint density at radius 2 is 2.15 bits per heavy atom. The van der Waals surface area contributed by atoms with Crippen LogP contribution in [0.5, 0.6) is 0 Å². The highest BCUT2D eigenvalue weighted by atomic mass is 32.2. The fourth-order valence-corrected chi connectivity index (χ4v) is 3.53. The number of thioether (sulfide) groups is 1. The summed E-state index contributed by atoms with van der Waals surface area (Å²) in [6.07, 6.45) is 2.59. The Hall–Kier alpha value is -2.54. The van der Waals surface area contributed by atoms with Gasteiger partial charge in [-0.2, -0.15) is 0 Å². The number of aromatic nitrogens is 1. The zero-order valence-electron chi connectivity index (χ0n) is 14.9. The topological polar surface area (TPSA) is 74.3 Å². The molecule has 1 atom stereocenters. The molecule has 26 heavy (non-hydrogen) atoms. The first-order valence-electron chi connectivity index (χ1n) is 8.65. The highest BCUT2D eigenvalue weighted by Crippen LogP contribution is 2.32. The summed E-state index contributed by atoms with van der Waals surface area (Å²) in [6, 6.07) is 10.6. The van der Waals surface area contributed by atoms with Gasteiger partial charge in [0, 0.05) is 35.8 Å². The Bertz CT molecular complexity index is 812. The van der Waals surface area contributed by atoms with Gasteiger partial charge in [0.1, 0.15) is 5.03 Å². The van der Waals surface area contributed by atoms with Crippen LogP contribution in [0.1, 0.15) is 30.6 Å². The minimum absolute atomic E-state index is 0.107. The predicted molar refractivity (Wildman–Crippen MR) is 105 cm³/mol. The molecular formula is C19H22N4O2S. The molecule has 0 spiro atoms. The summed E-state index contributed by atoms with van der Waals surface area (Å²) in [7, 11) is 0. The van der Waals surface area contributed by atoms with E-state index in [9.17, 15) is 9.59 Å². The Balaban J connectivity index is 1.73. The lowest BCUT2D eigenvalue weighted by Crippen LogP contribution is -2.39. The number of carbonyl (C=O) groups excluding carboxylic acids is 2. The molecule has 7 heteroatoms. The SMILES string of the molecule is CC[C@H](C)NC(=O)c1cccc(NC(=O)N2CCSc3ncccc32)c1. The normalized spacial score (nSPS) is 14.3. The van der Waals surface area contributed by atoms with Crippen molar-refractivity contribution in [2.45, 2.75) is 31.3 Å². The molecule has 1 aromatic carbocycles. The smallest absolute Gasteiger partial charge is 0.326 e. The van der Waals surface area contributed by atoms with Crippen molar-refractivity contribution in [2.24, 2.45) is 0 Å². The molecule has 1 aromatic heterocycles. The van der Waals surface area contributed by atoms with Crippen molar-refractivity contribution in [1.29, 1.82) is 0 Å². The molecule has 0 aliphatic carbocycles. The van der Waals surface area contributed by atoms with Gasteiger partial charge in [-0.1, -0.05) is 13.0 Å². The van der Waals surface area contributed by atoms with Gasteiger partial charge in [0.15, 0.2) is 0 Å². The highest BCUT2D eigenvalue weighted by molar-refractivity contribution is 7.99. The lowest BCUT2D eigenvalue weighted by molar-refractivity contribution is 0.0939. The summed E-state index contributed by atoms with van der Waals surface area (Å²) < 4.78 is 0. The lowest BCUT2D eigenvalue weighted by Gasteiger charge is -2.28. The van der Waals surface area contributed by atoms with Gasteiger partial charge in [-0.25, -0.2) is 9.78 Å². The molecular weight excluding hydrogens is 348 g/mol. The number of amides is 3. The molecule has 0 bridgehead atoms. The first-order chi connectivity index (χ1) is 12.6. The fraction of sp³-hybridized carbons (Fsp3) is 0.316. The van der Waals surface area contributed by atoms with Gasteiger partial charge in [0.25, 0.3) is 5.91 Å². The number of hydrogen-bond donors (Lipinski definition) is 2. The fourth-order valence-electron chi connectivity index (χ4n) is 2.60. The Morgan fingerprint density at radius 1 is 1.31 bits per heavy atom. The average Bonchev–Trinajstić information content (AvgIpc) is 2.67. The molecule has 6 nitrogen and oxygen atoms in total. The molecule has 1 aliphatic heterocycles. The van der Waals surface area contributed by atoms with Gasteiger partial charge in [0.05, 0.1) is 5.69 Å². The third-order valence-electron chi connectivity index (χ3n) is 4.21. The number of urea groups is 1. The van der Waals surface area contributed by atoms with Crippen LogP contribution in [0, 0.1) is 0 Å². The Labute approximate surface area is 157 Å². The van der Waals surface area contributed by atoms with Crippen molar-refractivity contribution < 1.29 is 9.59 Å². The molecule has 3 amide bonds. The van der Waals surface area contributed by atoms with Crippen LogP contribution in [0.25, 0.3) is 0 Å². The number of pyridine rings is 1. The summed E-state index contributed by atoms with van der Waals surface area (Å²) >= 11 is 1.64. The number of hydrogen-bond acceptors (Lipinski definition) is 4. The highest BCUT2D eigenvalue weighted by Gasteiger charge is 2.23. The summed E-state index contributed by atoms with van der Waals surface area (Å²) in [5.74, 6) is 0.661. The van der Waals surface area contributed by atoms with Gasteiger partial charge in [-0.05, 0) is 43.7 Å². The molecule has 2 heterocycles. The maximum atomic E-state index is 12.7. The quantitative estimate of drug-likeness (QED) is 0.859. The van der Waals surface area contributed by atoms with Gasteiger partial charge < -0.3 is 10.6 Å². The number of nitrogens with zero attached hydrogens (tertiary/aromatic N) is 2. The van der Waals surface area contributed by atoms with E-state index >= 15 is 0 Å². The van der Waals surface area contributed by atoms with Gasteiger partial charge >= 0.3 is 6.03 Å². The van der Waals surface area contributed by atoms with E-state index < -0.39 is 0 Å². The van der Waals surface area contributed by atoms with Crippen molar-refractivity contribution in [1.82, 2.24) is 10.3 Å². The first kappa shape index (κ1) is 18.3. The predicted octanol–water partition coefficient (Wildman–Crippen LogP) is 3.75. The molecule has 3 rings (SSSR count). The second-order valence-electron chi connectivity index (χ2n) is 6.12. The average molecular weight is 370 g/mol. The molecule has 0 saturated carbocycles. The number of anilines is 2. The maximum absolute atomic E-state index is 12.7. The number of rotatable bonds is 4. The second-order valence-corrected chi connectivity index (χ2v) is 7.21. The van der Waals surface area contributed by atoms with E-state index in [2.05, 4.69) is 15.6 Å². The van der Waals surface area contributed by atoms with Crippen LogP contribution in [0.15, 0.2) is 47.6 Å². The van der Waals surface area contributed by atoms with Crippen LogP contribution in [-0.4, -0.2) is 35.3 Å². The van der Waals surface area contributed by atoms with E-state index in [0.29, 0.717) is 17.8 Å². The monoisotopic (exact) mass is 370 g/mol. The van der Waals surface area contributed by atoms with E-state index in [-0.39, 0.29) is 18.0 Å². The molecule has 2 N–H and O–H groups in total. The van der Waals surface area contributed by atoms with Gasteiger partial charge in [-0.15, -0.1) is 11.8 Å². The van der Waals surface area contributed by atoms with Crippen molar-refractivity contribution >= 4 is 35.1 Å². The van der Waals surface area contributed by atoms with E-state index in [4.69, 9.17) is 0 Å². The number of carbonyl (C=O) groups is 2. The maximum Gasteiger partial charge on any atom is 0.326 e. The van der Waals surface area contributed by atoms with E-state index in [1.807, 2.05) is 26.0 Å². The minimum Gasteiger partial charge on any atom is -0.350 e.